The molecule has 1 atom stereocenters. The number of amides is 1. The maximum Gasteiger partial charge on any atom is 0.253 e. The van der Waals surface area contributed by atoms with Crippen molar-refractivity contribution in [2.24, 2.45) is 0 Å². The van der Waals surface area contributed by atoms with Crippen molar-refractivity contribution in [1.82, 2.24) is 4.90 Å². The lowest BCUT2D eigenvalue weighted by molar-refractivity contribution is 0.0437. The maximum absolute atomic E-state index is 12.9. The molecule has 1 amide bonds. The van der Waals surface area contributed by atoms with Gasteiger partial charge in [-0.25, -0.2) is 4.39 Å². The molecule has 0 bridgehead atoms. The van der Waals surface area contributed by atoms with Crippen molar-refractivity contribution in [3.8, 4) is 0 Å². The maximum atomic E-state index is 12.9. The molecule has 3 nitrogen and oxygen atoms in total. The zero-order valence-corrected chi connectivity index (χ0v) is 12.2. The van der Waals surface area contributed by atoms with E-state index in [2.05, 4.69) is 0 Å². The summed E-state index contributed by atoms with van der Waals surface area (Å²) in [5.74, 6) is -0.396. The lowest BCUT2D eigenvalue weighted by Crippen LogP contribution is -2.30. The molecule has 114 valence electrons. The first kappa shape index (κ1) is 14.7. The van der Waals surface area contributed by atoms with E-state index in [1.165, 1.54) is 24.3 Å². The second-order valence-corrected chi connectivity index (χ2v) is 5.47. The molecule has 1 aliphatic rings. The Hall–Kier alpha value is -2.20. The van der Waals surface area contributed by atoms with Crippen molar-refractivity contribution in [3.63, 3.8) is 0 Å². The third-order valence-corrected chi connectivity index (χ3v) is 3.85. The molecule has 1 saturated heterocycles. The molecule has 0 saturated carbocycles. The monoisotopic (exact) mass is 299 g/mol. The summed E-state index contributed by atoms with van der Waals surface area (Å²) in [6.45, 7) is 1.82. The highest BCUT2D eigenvalue weighted by Gasteiger charge is 2.27. The average Bonchev–Trinajstić information content (AvgIpc) is 3.03. The molecule has 0 N–H and O–H groups in total. The van der Waals surface area contributed by atoms with Crippen molar-refractivity contribution in [2.75, 3.05) is 13.1 Å². The first-order valence-electron chi connectivity index (χ1n) is 7.43. The van der Waals surface area contributed by atoms with Gasteiger partial charge in [-0.1, -0.05) is 30.3 Å². The van der Waals surface area contributed by atoms with Gasteiger partial charge < -0.3 is 9.64 Å². The summed E-state index contributed by atoms with van der Waals surface area (Å²) < 4.78 is 18.8. The SMILES string of the molecule is O=C(c1ccc(F)cc1)N1CC[C@H](OCc2ccccc2)C1. The van der Waals surface area contributed by atoms with Crippen LogP contribution in [0.5, 0.6) is 0 Å². The lowest BCUT2D eigenvalue weighted by atomic mass is 10.2. The van der Waals surface area contributed by atoms with Gasteiger partial charge in [-0.15, -0.1) is 0 Å². The van der Waals surface area contributed by atoms with Crippen LogP contribution in [0.15, 0.2) is 54.6 Å². The summed E-state index contributed by atoms with van der Waals surface area (Å²) in [6.07, 6.45) is 0.893. The molecule has 1 fully saturated rings. The van der Waals surface area contributed by atoms with Gasteiger partial charge in [-0.2, -0.15) is 0 Å². The van der Waals surface area contributed by atoms with Crippen LogP contribution in [0.2, 0.25) is 0 Å². The van der Waals surface area contributed by atoms with E-state index >= 15 is 0 Å². The fourth-order valence-corrected chi connectivity index (χ4v) is 2.61. The van der Waals surface area contributed by atoms with Crippen LogP contribution in [0.25, 0.3) is 0 Å². The number of likely N-dealkylation sites (tertiary alicyclic amines) is 1. The first-order chi connectivity index (χ1) is 10.7. The number of carbonyl (C=O) groups excluding carboxylic acids is 1. The van der Waals surface area contributed by atoms with Crippen LogP contribution >= 0.6 is 0 Å². The van der Waals surface area contributed by atoms with Crippen LogP contribution in [0, 0.1) is 5.82 Å². The molecule has 0 aliphatic carbocycles. The highest BCUT2D eigenvalue weighted by molar-refractivity contribution is 5.94. The fourth-order valence-electron chi connectivity index (χ4n) is 2.61. The van der Waals surface area contributed by atoms with Gasteiger partial charge in [-0.3, -0.25) is 4.79 Å². The number of halogens is 1. The molecule has 3 rings (SSSR count). The molecule has 1 heterocycles. The molecule has 2 aromatic rings. The Balaban J connectivity index is 1.53. The number of hydrogen-bond donors (Lipinski definition) is 0. The summed E-state index contributed by atoms with van der Waals surface area (Å²) in [4.78, 5) is 14.1. The van der Waals surface area contributed by atoms with Gasteiger partial charge in [-0.05, 0) is 36.2 Å². The molecule has 4 heteroatoms. The molecular weight excluding hydrogens is 281 g/mol. The minimum atomic E-state index is -0.331. The Morgan fingerprint density at radius 1 is 1.14 bits per heavy atom. The molecule has 0 radical (unpaired) electrons. The highest BCUT2D eigenvalue weighted by atomic mass is 19.1. The van der Waals surface area contributed by atoms with Crippen molar-refractivity contribution in [1.29, 1.82) is 0 Å². The molecule has 2 aromatic carbocycles. The lowest BCUT2D eigenvalue weighted by Gasteiger charge is -2.17. The number of carbonyl (C=O) groups is 1. The zero-order chi connectivity index (χ0) is 15.4. The highest BCUT2D eigenvalue weighted by Crippen LogP contribution is 2.17. The predicted octanol–water partition coefficient (Wildman–Crippen LogP) is 3.26. The zero-order valence-electron chi connectivity index (χ0n) is 12.2. The summed E-state index contributed by atoms with van der Waals surface area (Å²) in [6, 6.07) is 15.7. The van der Waals surface area contributed by atoms with E-state index in [4.69, 9.17) is 4.74 Å². The minimum absolute atomic E-state index is 0.0598. The van der Waals surface area contributed by atoms with Gasteiger partial charge in [0.25, 0.3) is 5.91 Å². The summed E-state index contributed by atoms with van der Waals surface area (Å²) >= 11 is 0. The smallest absolute Gasteiger partial charge is 0.253 e. The summed E-state index contributed by atoms with van der Waals surface area (Å²) in [5.41, 5.74) is 1.65. The Bertz CT molecular complexity index is 627. The van der Waals surface area contributed by atoms with Crippen molar-refractivity contribution in [2.45, 2.75) is 19.1 Å². The van der Waals surface area contributed by atoms with Crippen LogP contribution in [0.3, 0.4) is 0 Å². The fraction of sp³-hybridized carbons (Fsp3) is 0.278. The standard InChI is InChI=1S/C18H18FNO2/c19-16-8-6-15(7-9-16)18(21)20-11-10-17(12-20)22-13-14-4-2-1-3-5-14/h1-9,17H,10-13H2/t17-/m0/s1. The molecular formula is C18H18FNO2. The average molecular weight is 299 g/mol. The van der Waals surface area contributed by atoms with E-state index in [1.807, 2.05) is 30.3 Å². The van der Waals surface area contributed by atoms with Crippen LogP contribution in [0.1, 0.15) is 22.3 Å². The quantitative estimate of drug-likeness (QED) is 0.867. The van der Waals surface area contributed by atoms with Crippen molar-refractivity contribution >= 4 is 5.91 Å². The van der Waals surface area contributed by atoms with E-state index in [9.17, 15) is 9.18 Å². The number of nitrogens with zero attached hydrogens (tertiary/aromatic N) is 1. The largest absolute Gasteiger partial charge is 0.372 e. The third-order valence-electron chi connectivity index (χ3n) is 3.85. The Kier molecular flexibility index (Phi) is 4.49. The predicted molar refractivity (Wildman–Crippen MR) is 81.9 cm³/mol. The minimum Gasteiger partial charge on any atom is -0.372 e. The van der Waals surface area contributed by atoms with Gasteiger partial charge in [0.05, 0.1) is 12.7 Å². The Morgan fingerprint density at radius 2 is 1.86 bits per heavy atom. The number of hydrogen-bond acceptors (Lipinski definition) is 2. The van der Waals surface area contributed by atoms with E-state index in [0.717, 1.165) is 12.0 Å². The van der Waals surface area contributed by atoms with Crippen molar-refractivity contribution in [3.05, 3.63) is 71.5 Å². The Labute approximate surface area is 129 Å². The van der Waals surface area contributed by atoms with Crippen LogP contribution in [-0.4, -0.2) is 30.0 Å². The molecule has 0 aromatic heterocycles. The summed E-state index contributed by atoms with van der Waals surface area (Å²) in [7, 11) is 0. The van der Waals surface area contributed by atoms with Gasteiger partial charge >= 0.3 is 0 Å². The van der Waals surface area contributed by atoms with Gasteiger partial charge in [0.1, 0.15) is 5.82 Å². The van der Waals surface area contributed by atoms with E-state index in [-0.39, 0.29) is 17.8 Å². The van der Waals surface area contributed by atoms with Gasteiger partial charge in [0.15, 0.2) is 0 Å². The molecule has 0 unspecified atom stereocenters. The Morgan fingerprint density at radius 3 is 2.59 bits per heavy atom. The van der Waals surface area contributed by atoms with Crippen LogP contribution < -0.4 is 0 Å². The van der Waals surface area contributed by atoms with E-state index in [1.54, 1.807) is 4.90 Å². The van der Waals surface area contributed by atoms with Crippen molar-refractivity contribution < 1.29 is 13.9 Å². The van der Waals surface area contributed by atoms with Gasteiger partial charge in [0.2, 0.25) is 0 Å². The number of ether oxygens (including phenoxy) is 1. The number of rotatable bonds is 4. The first-order valence-corrected chi connectivity index (χ1v) is 7.43. The van der Waals surface area contributed by atoms with E-state index in [0.29, 0.717) is 25.3 Å². The topological polar surface area (TPSA) is 29.5 Å². The number of benzene rings is 2. The van der Waals surface area contributed by atoms with Crippen LogP contribution in [0.4, 0.5) is 4.39 Å². The second-order valence-electron chi connectivity index (χ2n) is 5.47. The van der Waals surface area contributed by atoms with Crippen LogP contribution in [-0.2, 0) is 11.3 Å². The molecule has 22 heavy (non-hydrogen) atoms. The molecule has 0 spiro atoms. The third kappa shape index (κ3) is 3.52. The van der Waals surface area contributed by atoms with Gasteiger partial charge in [0, 0.05) is 18.7 Å². The second kappa shape index (κ2) is 6.71. The summed E-state index contributed by atoms with van der Waals surface area (Å²) in [5, 5.41) is 0. The molecule has 1 aliphatic heterocycles. The van der Waals surface area contributed by atoms with E-state index < -0.39 is 0 Å². The normalized spacial score (nSPS) is 17.7.